The van der Waals surface area contributed by atoms with Crippen LogP contribution in [0.5, 0.6) is 0 Å². The quantitative estimate of drug-likeness (QED) is 0.784. The summed E-state index contributed by atoms with van der Waals surface area (Å²) in [6, 6.07) is 0.908. The van der Waals surface area contributed by atoms with Gasteiger partial charge in [0.2, 0.25) is 0 Å². The van der Waals surface area contributed by atoms with Crippen molar-refractivity contribution in [2.45, 2.75) is 83.3 Å². The Labute approximate surface area is 137 Å². The molecule has 0 unspecified atom stereocenters. The molecule has 0 spiro atoms. The first-order valence-electron chi connectivity index (χ1n) is 9.88. The molecule has 0 radical (unpaired) electrons. The highest BCUT2D eigenvalue weighted by Crippen LogP contribution is 2.37. The number of quaternary nitrogens is 2. The fourth-order valence-electron chi connectivity index (χ4n) is 5.35. The summed E-state index contributed by atoms with van der Waals surface area (Å²) >= 11 is 0. The van der Waals surface area contributed by atoms with Crippen LogP contribution in [-0.2, 0) is 4.74 Å². The second-order valence-electron chi connectivity index (χ2n) is 9.01. The molecule has 128 valence electrons. The first-order valence-corrected chi connectivity index (χ1v) is 9.88. The van der Waals surface area contributed by atoms with E-state index in [-0.39, 0.29) is 5.60 Å². The van der Waals surface area contributed by atoms with Gasteiger partial charge in [0, 0.05) is 19.4 Å². The van der Waals surface area contributed by atoms with E-state index in [1.807, 2.05) is 4.90 Å². The third-order valence-electron chi connectivity index (χ3n) is 6.40. The molecule has 2 aliphatic heterocycles. The monoisotopic (exact) mass is 310 g/mol. The summed E-state index contributed by atoms with van der Waals surface area (Å²) in [6.07, 6.45) is 12.7. The Balaban J connectivity index is 1.62. The summed E-state index contributed by atoms with van der Waals surface area (Å²) in [7, 11) is 0. The molecular formula is C19H38N2O+2. The number of hydrogen-bond donors (Lipinski definition) is 2. The SMILES string of the molecule is CC1(C)C[C@](C[NH2+]C2CCCCC2)(C[NH+]2CCCC2)CCO1. The van der Waals surface area contributed by atoms with Crippen molar-refractivity contribution in [2.75, 3.05) is 32.8 Å². The Kier molecular flexibility index (Phi) is 5.47. The standard InChI is InChI=1S/C19H36N2O/c1-18(2)14-19(10-13-22-18,16-21-11-6-7-12-21)15-20-17-8-4-3-5-9-17/h17,20H,3-16H2,1-2H3/p+2/t19-/m1/s1. The van der Waals surface area contributed by atoms with Crippen LogP contribution in [0.3, 0.4) is 0 Å². The van der Waals surface area contributed by atoms with Crippen molar-refractivity contribution in [2.24, 2.45) is 5.41 Å². The molecule has 1 saturated carbocycles. The number of likely N-dealkylation sites (tertiary alicyclic amines) is 1. The Morgan fingerprint density at radius 1 is 1.05 bits per heavy atom. The minimum atomic E-state index is 0.0812. The lowest BCUT2D eigenvalue weighted by atomic mass is 9.73. The Morgan fingerprint density at radius 3 is 2.45 bits per heavy atom. The molecule has 1 aliphatic carbocycles. The number of ether oxygens (including phenoxy) is 1. The van der Waals surface area contributed by atoms with E-state index in [9.17, 15) is 0 Å². The van der Waals surface area contributed by atoms with E-state index in [0.717, 1.165) is 12.6 Å². The van der Waals surface area contributed by atoms with E-state index in [1.54, 1.807) is 0 Å². The lowest BCUT2D eigenvalue weighted by molar-refractivity contribution is -0.898. The first kappa shape index (κ1) is 16.7. The van der Waals surface area contributed by atoms with E-state index in [2.05, 4.69) is 19.2 Å². The molecule has 22 heavy (non-hydrogen) atoms. The third kappa shape index (κ3) is 4.46. The van der Waals surface area contributed by atoms with Crippen molar-refractivity contribution in [3.8, 4) is 0 Å². The van der Waals surface area contributed by atoms with Gasteiger partial charge in [0.05, 0.1) is 43.2 Å². The van der Waals surface area contributed by atoms with Gasteiger partial charge in [0.15, 0.2) is 0 Å². The largest absolute Gasteiger partial charge is 0.376 e. The van der Waals surface area contributed by atoms with Crippen LogP contribution in [0.1, 0.15) is 71.6 Å². The molecule has 3 heteroatoms. The molecule has 3 aliphatic rings. The Hall–Kier alpha value is -0.120. The van der Waals surface area contributed by atoms with Crippen LogP contribution >= 0.6 is 0 Å². The fourth-order valence-corrected chi connectivity index (χ4v) is 5.35. The molecule has 0 bridgehead atoms. The molecule has 3 rings (SSSR count). The molecule has 0 amide bonds. The number of nitrogens with two attached hydrogens (primary N) is 1. The molecule has 2 heterocycles. The zero-order valence-corrected chi connectivity index (χ0v) is 15.0. The van der Waals surface area contributed by atoms with Crippen LogP contribution in [0.2, 0.25) is 0 Å². The van der Waals surface area contributed by atoms with Gasteiger partial charge in [-0.1, -0.05) is 6.42 Å². The highest BCUT2D eigenvalue weighted by Gasteiger charge is 2.45. The summed E-state index contributed by atoms with van der Waals surface area (Å²) in [6.45, 7) is 11.1. The lowest BCUT2D eigenvalue weighted by Crippen LogP contribution is -3.12. The average molecular weight is 311 g/mol. The fraction of sp³-hybridized carbons (Fsp3) is 1.00. The van der Waals surface area contributed by atoms with Crippen LogP contribution in [0.25, 0.3) is 0 Å². The molecular weight excluding hydrogens is 272 g/mol. The zero-order valence-electron chi connectivity index (χ0n) is 15.0. The Morgan fingerprint density at radius 2 is 1.77 bits per heavy atom. The first-order chi connectivity index (χ1) is 10.6. The second kappa shape index (κ2) is 7.19. The highest BCUT2D eigenvalue weighted by molar-refractivity contribution is 4.90. The summed E-state index contributed by atoms with van der Waals surface area (Å²) in [5.41, 5.74) is 0.594. The van der Waals surface area contributed by atoms with Crippen molar-refractivity contribution in [1.82, 2.24) is 0 Å². The van der Waals surface area contributed by atoms with E-state index in [4.69, 9.17) is 4.74 Å². The van der Waals surface area contributed by atoms with E-state index < -0.39 is 0 Å². The van der Waals surface area contributed by atoms with Gasteiger partial charge in [-0.05, 0) is 52.4 Å². The average Bonchev–Trinajstić information content (AvgIpc) is 2.98. The van der Waals surface area contributed by atoms with Gasteiger partial charge in [-0.15, -0.1) is 0 Å². The molecule has 0 aromatic carbocycles. The van der Waals surface area contributed by atoms with Gasteiger partial charge in [-0.2, -0.15) is 0 Å². The maximum Gasteiger partial charge on any atom is 0.0884 e. The van der Waals surface area contributed by atoms with Crippen LogP contribution in [0.15, 0.2) is 0 Å². The van der Waals surface area contributed by atoms with Crippen LogP contribution < -0.4 is 10.2 Å². The van der Waals surface area contributed by atoms with Crippen molar-refractivity contribution in [1.29, 1.82) is 0 Å². The number of rotatable bonds is 5. The minimum Gasteiger partial charge on any atom is -0.376 e. The van der Waals surface area contributed by atoms with Crippen LogP contribution in [0.4, 0.5) is 0 Å². The van der Waals surface area contributed by atoms with Crippen molar-refractivity contribution in [3.63, 3.8) is 0 Å². The van der Waals surface area contributed by atoms with Crippen molar-refractivity contribution >= 4 is 0 Å². The molecule has 3 nitrogen and oxygen atoms in total. The topological polar surface area (TPSA) is 30.3 Å². The summed E-state index contributed by atoms with van der Waals surface area (Å²) in [4.78, 5) is 1.87. The predicted molar refractivity (Wildman–Crippen MR) is 90.2 cm³/mol. The summed E-state index contributed by atoms with van der Waals surface area (Å²) in [5.74, 6) is 0. The van der Waals surface area contributed by atoms with Gasteiger partial charge in [0.25, 0.3) is 0 Å². The molecule has 0 aromatic heterocycles. The van der Waals surface area contributed by atoms with Crippen LogP contribution in [-0.4, -0.2) is 44.4 Å². The molecule has 2 saturated heterocycles. The van der Waals surface area contributed by atoms with Gasteiger partial charge >= 0.3 is 0 Å². The molecule has 0 aromatic rings. The highest BCUT2D eigenvalue weighted by atomic mass is 16.5. The molecule has 3 N–H and O–H groups in total. The van der Waals surface area contributed by atoms with Crippen molar-refractivity contribution < 1.29 is 15.0 Å². The van der Waals surface area contributed by atoms with Gasteiger partial charge < -0.3 is 15.0 Å². The third-order valence-corrected chi connectivity index (χ3v) is 6.40. The van der Waals surface area contributed by atoms with Gasteiger partial charge in [-0.3, -0.25) is 0 Å². The van der Waals surface area contributed by atoms with E-state index >= 15 is 0 Å². The predicted octanol–water partition coefficient (Wildman–Crippen LogP) is 1.14. The van der Waals surface area contributed by atoms with Crippen molar-refractivity contribution in [3.05, 3.63) is 0 Å². The Bertz CT molecular complexity index is 345. The van der Waals surface area contributed by atoms with E-state index in [0.29, 0.717) is 5.41 Å². The van der Waals surface area contributed by atoms with Gasteiger partial charge in [-0.25, -0.2) is 0 Å². The van der Waals surface area contributed by atoms with Gasteiger partial charge in [0.1, 0.15) is 0 Å². The van der Waals surface area contributed by atoms with E-state index in [1.165, 1.54) is 84.0 Å². The molecule has 3 fully saturated rings. The minimum absolute atomic E-state index is 0.0812. The normalized spacial score (nSPS) is 34.1. The number of nitrogens with one attached hydrogen (secondary N) is 1. The molecule has 1 atom stereocenters. The number of hydrogen-bond acceptors (Lipinski definition) is 1. The summed E-state index contributed by atoms with van der Waals surface area (Å²) in [5, 5.41) is 2.73. The maximum absolute atomic E-state index is 6.05. The zero-order chi connectivity index (χ0) is 15.5. The maximum atomic E-state index is 6.05. The lowest BCUT2D eigenvalue weighted by Gasteiger charge is -2.44. The van der Waals surface area contributed by atoms with Crippen LogP contribution in [0, 0.1) is 5.41 Å². The smallest absolute Gasteiger partial charge is 0.0884 e. The summed E-state index contributed by atoms with van der Waals surface area (Å²) < 4.78 is 6.05. The second-order valence-corrected chi connectivity index (χ2v) is 9.01.